The summed E-state index contributed by atoms with van der Waals surface area (Å²) in [6.45, 7) is 5.86. The van der Waals surface area contributed by atoms with Crippen molar-refractivity contribution in [3.63, 3.8) is 0 Å². The largest absolute Gasteiger partial charge is 0.490 e. The van der Waals surface area contributed by atoms with E-state index in [1.807, 2.05) is 51.4 Å². The van der Waals surface area contributed by atoms with E-state index in [9.17, 15) is 0 Å². The van der Waals surface area contributed by atoms with Crippen LogP contribution in [0, 0.1) is 6.92 Å². The molecular weight excluding hydrogens is 254 g/mol. The first-order valence-corrected chi connectivity index (χ1v) is 6.79. The van der Waals surface area contributed by atoms with Crippen molar-refractivity contribution in [1.82, 2.24) is 9.78 Å². The third-order valence-electron chi connectivity index (χ3n) is 2.84. The van der Waals surface area contributed by atoms with Gasteiger partial charge in [-0.1, -0.05) is 12.1 Å². The van der Waals surface area contributed by atoms with Crippen molar-refractivity contribution in [1.29, 1.82) is 0 Å². The summed E-state index contributed by atoms with van der Waals surface area (Å²) in [6, 6.07) is 7.71. The van der Waals surface area contributed by atoms with Crippen LogP contribution in [0.2, 0.25) is 0 Å². The number of para-hydroxylation sites is 2. The Morgan fingerprint density at radius 2 is 1.90 bits per heavy atom. The fourth-order valence-electron chi connectivity index (χ4n) is 1.96. The van der Waals surface area contributed by atoms with Gasteiger partial charge in [-0.2, -0.15) is 5.10 Å². The summed E-state index contributed by atoms with van der Waals surface area (Å²) in [5, 5.41) is 7.59. The van der Waals surface area contributed by atoms with Crippen LogP contribution in [-0.4, -0.2) is 29.5 Å². The Balaban J connectivity index is 1.83. The van der Waals surface area contributed by atoms with Crippen molar-refractivity contribution in [2.45, 2.75) is 13.8 Å². The summed E-state index contributed by atoms with van der Waals surface area (Å²) < 4.78 is 13.1. The van der Waals surface area contributed by atoms with Crippen LogP contribution in [0.5, 0.6) is 11.5 Å². The second-order valence-corrected chi connectivity index (χ2v) is 4.46. The Morgan fingerprint density at radius 1 is 1.20 bits per heavy atom. The van der Waals surface area contributed by atoms with Gasteiger partial charge < -0.3 is 14.8 Å². The van der Waals surface area contributed by atoms with E-state index in [1.54, 1.807) is 4.68 Å². The number of nitrogens with zero attached hydrogens (tertiary/aromatic N) is 2. The average Bonchev–Trinajstić information content (AvgIpc) is 2.75. The molecule has 0 aliphatic carbocycles. The summed E-state index contributed by atoms with van der Waals surface area (Å²) in [4.78, 5) is 0. The van der Waals surface area contributed by atoms with E-state index >= 15 is 0 Å². The quantitative estimate of drug-likeness (QED) is 0.789. The molecule has 0 aliphatic rings. The van der Waals surface area contributed by atoms with Crippen molar-refractivity contribution in [3.8, 4) is 11.5 Å². The molecule has 1 aromatic heterocycles. The zero-order valence-electron chi connectivity index (χ0n) is 12.2. The van der Waals surface area contributed by atoms with Crippen molar-refractivity contribution in [3.05, 3.63) is 36.2 Å². The minimum Gasteiger partial charge on any atom is -0.490 e. The molecule has 0 amide bonds. The third kappa shape index (κ3) is 3.66. The lowest BCUT2D eigenvalue weighted by Crippen LogP contribution is -2.12. The van der Waals surface area contributed by atoms with E-state index in [4.69, 9.17) is 9.47 Å². The molecule has 1 heterocycles. The van der Waals surface area contributed by atoms with Gasteiger partial charge in [0, 0.05) is 19.8 Å². The number of aryl methyl sites for hydroxylation is 2. The number of ether oxygens (including phenoxy) is 2. The SMILES string of the molecule is CCOc1ccccc1OCCNc1cn(C)nc1C. The minimum absolute atomic E-state index is 0.568. The zero-order chi connectivity index (χ0) is 14.4. The first-order chi connectivity index (χ1) is 9.70. The standard InChI is InChI=1S/C15H21N3O2/c1-4-19-14-7-5-6-8-15(14)20-10-9-16-13-11-18(3)17-12(13)2/h5-8,11,16H,4,9-10H2,1-3H3. The van der Waals surface area contributed by atoms with Crippen LogP contribution in [0.4, 0.5) is 5.69 Å². The van der Waals surface area contributed by atoms with Gasteiger partial charge >= 0.3 is 0 Å². The first-order valence-electron chi connectivity index (χ1n) is 6.79. The molecule has 0 saturated heterocycles. The minimum atomic E-state index is 0.568. The van der Waals surface area contributed by atoms with E-state index in [0.29, 0.717) is 19.8 Å². The van der Waals surface area contributed by atoms with E-state index in [1.165, 1.54) is 0 Å². The molecule has 0 saturated carbocycles. The van der Waals surface area contributed by atoms with Crippen LogP contribution in [0.15, 0.2) is 30.5 Å². The lowest BCUT2D eigenvalue weighted by Gasteiger charge is -2.12. The van der Waals surface area contributed by atoms with Gasteiger partial charge in [0.15, 0.2) is 11.5 Å². The molecule has 0 bridgehead atoms. The summed E-state index contributed by atoms with van der Waals surface area (Å²) in [7, 11) is 1.91. The molecule has 20 heavy (non-hydrogen) atoms. The van der Waals surface area contributed by atoms with Gasteiger partial charge in [0.05, 0.1) is 18.0 Å². The van der Waals surface area contributed by atoms with Crippen LogP contribution in [0.3, 0.4) is 0 Å². The Kier molecular flexibility index (Phi) is 4.87. The Hall–Kier alpha value is -2.17. The number of hydrogen-bond acceptors (Lipinski definition) is 4. The predicted molar refractivity (Wildman–Crippen MR) is 79.5 cm³/mol. The van der Waals surface area contributed by atoms with Crippen LogP contribution in [0.25, 0.3) is 0 Å². The van der Waals surface area contributed by atoms with E-state index in [-0.39, 0.29) is 0 Å². The monoisotopic (exact) mass is 275 g/mol. The third-order valence-corrected chi connectivity index (χ3v) is 2.84. The van der Waals surface area contributed by atoms with Crippen molar-refractivity contribution in [2.24, 2.45) is 7.05 Å². The molecule has 108 valence electrons. The van der Waals surface area contributed by atoms with Gasteiger partial charge in [-0.3, -0.25) is 4.68 Å². The maximum Gasteiger partial charge on any atom is 0.161 e. The Labute approximate surface area is 119 Å². The molecule has 1 aromatic carbocycles. The maximum absolute atomic E-state index is 5.74. The Bertz CT molecular complexity index is 552. The van der Waals surface area contributed by atoms with Crippen LogP contribution >= 0.6 is 0 Å². The van der Waals surface area contributed by atoms with Gasteiger partial charge in [0.2, 0.25) is 0 Å². The molecule has 0 aliphatic heterocycles. The fraction of sp³-hybridized carbons (Fsp3) is 0.400. The van der Waals surface area contributed by atoms with Gasteiger partial charge in [0.1, 0.15) is 6.61 Å². The highest BCUT2D eigenvalue weighted by molar-refractivity contribution is 5.45. The van der Waals surface area contributed by atoms with E-state index in [2.05, 4.69) is 10.4 Å². The number of hydrogen-bond donors (Lipinski definition) is 1. The second kappa shape index (κ2) is 6.84. The first kappa shape index (κ1) is 14.2. The molecule has 5 nitrogen and oxygen atoms in total. The number of benzene rings is 1. The summed E-state index contributed by atoms with van der Waals surface area (Å²) in [6.07, 6.45) is 1.96. The van der Waals surface area contributed by atoms with E-state index < -0.39 is 0 Å². The smallest absolute Gasteiger partial charge is 0.161 e. The number of rotatable bonds is 7. The molecule has 0 atom stereocenters. The van der Waals surface area contributed by atoms with Gasteiger partial charge in [-0.05, 0) is 26.0 Å². The topological polar surface area (TPSA) is 48.3 Å². The van der Waals surface area contributed by atoms with Gasteiger partial charge in [-0.15, -0.1) is 0 Å². The zero-order valence-corrected chi connectivity index (χ0v) is 12.2. The Morgan fingerprint density at radius 3 is 2.50 bits per heavy atom. The summed E-state index contributed by atoms with van der Waals surface area (Å²) >= 11 is 0. The van der Waals surface area contributed by atoms with E-state index in [0.717, 1.165) is 22.9 Å². The average molecular weight is 275 g/mol. The molecule has 5 heteroatoms. The molecule has 0 spiro atoms. The van der Waals surface area contributed by atoms with Crippen molar-refractivity contribution in [2.75, 3.05) is 25.1 Å². The molecular formula is C15H21N3O2. The number of nitrogens with one attached hydrogen (secondary N) is 1. The van der Waals surface area contributed by atoms with Crippen LogP contribution < -0.4 is 14.8 Å². The second-order valence-electron chi connectivity index (χ2n) is 4.46. The van der Waals surface area contributed by atoms with Gasteiger partial charge in [0.25, 0.3) is 0 Å². The summed E-state index contributed by atoms with van der Waals surface area (Å²) in [5.74, 6) is 1.56. The lowest BCUT2D eigenvalue weighted by molar-refractivity contribution is 0.284. The molecule has 2 aromatic rings. The highest BCUT2D eigenvalue weighted by Crippen LogP contribution is 2.26. The number of aromatic nitrogens is 2. The fourth-order valence-corrected chi connectivity index (χ4v) is 1.96. The van der Waals surface area contributed by atoms with Gasteiger partial charge in [-0.25, -0.2) is 0 Å². The highest BCUT2D eigenvalue weighted by atomic mass is 16.5. The maximum atomic E-state index is 5.74. The molecule has 0 unspecified atom stereocenters. The summed E-state index contributed by atoms with van der Waals surface area (Å²) in [5.41, 5.74) is 2.02. The van der Waals surface area contributed by atoms with Crippen molar-refractivity contribution < 1.29 is 9.47 Å². The molecule has 0 fully saturated rings. The predicted octanol–water partition coefficient (Wildman–Crippen LogP) is 2.62. The highest BCUT2D eigenvalue weighted by Gasteiger charge is 2.04. The number of anilines is 1. The molecule has 2 rings (SSSR count). The lowest BCUT2D eigenvalue weighted by atomic mass is 10.3. The van der Waals surface area contributed by atoms with Crippen LogP contribution in [0.1, 0.15) is 12.6 Å². The molecule has 0 radical (unpaired) electrons. The van der Waals surface area contributed by atoms with Crippen LogP contribution in [-0.2, 0) is 7.05 Å². The van der Waals surface area contributed by atoms with Crippen molar-refractivity contribution >= 4 is 5.69 Å². The normalized spacial score (nSPS) is 10.3. The molecule has 1 N–H and O–H groups in total.